The largest absolute Gasteiger partial charge is 0.394 e. The van der Waals surface area contributed by atoms with Crippen LogP contribution in [0, 0.1) is 17.8 Å². The standard InChI is InChI=1S/C21H44O4/c1-17(2)9-7-11-19(4)13-8-12-18(3)10-5-6-14-25-16-21(24)20(23)15-22/h17-24H,5-16H2,1-4H3. The number of hydrogen-bond acceptors (Lipinski definition) is 4. The molecule has 0 aliphatic heterocycles. The maximum Gasteiger partial charge on any atom is 0.105 e. The SMILES string of the molecule is CC(C)CCCC(C)CCCC(C)CCCCOCC(O)C(O)CO. The Balaban J connectivity index is 3.45. The van der Waals surface area contributed by atoms with Crippen LogP contribution in [0.15, 0.2) is 0 Å². The van der Waals surface area contributed by atoms with Gasteiger partial charge >= 0.3 is 0 Å². The lowest BCUT2D eigenvalue weighted by atomic mass is 9.92. The molecule has 0 bridgehead atoms. The second-order valence-electron chi connectivity index (χ2n) is 8.35. The quantitative estimate of drug-likeness (QED) is 0.341. The number of hydrogen-bond donors (Lipinski definition) is 3. The maximum absolute atomic E-state index is 9.45. The van der Waals surface area contributed by atoms with Crippen LogP contribution < -0.4 is 0 Å². The molecular weight excluding hydrogens is 316 g/mol. The van der Waals surface area contributed by atoms with E-state index in [1.807, 2.05) is 0 Å². The first kappa shape index (κ1) is 24.8. The molecule has 4 unspecified atom stereocenters. The van der Waals surface area contributed by atoms with Gasteiger partial charge in [-0.3, -0.25) is 0 Å². The van der Waals surface area contributed by atoms with Crippen LogP contribution in [-0.4, -0.2) is 47.3 Å². The van der Waals surface area contributed by atoms with Crippen molar-refractivity contribution in [1.29, 1.82) is 0 Å². The molecule has 4 atom stereocenters. The molecule has 0 amide bonds. The van der Waals surface area contributed by atoms with Gasteiger partial charge in [0.15, 0.2) is 0 Å². The highest BCUT2D eigenvalue weighted by atomic mass is 16.5. The Hall–Kier alpha value is -0.160. The first-order valence-electron chi connectivity index (χ1n) is 10.4. The summed E-state index contributed by atoms with van der Waals surface area (Å²) in [6.45, 7) is 9.60. The summed E-state index contributed by atoms with van der Waals surface area (Å²) < 4.78 is 5.35. The molecule has 0 aromatic rings. The van der Waals surface area contributed by atoms with Gasteiger partial charge in [-0.15, -0.1) is 0 Å². The summed E-state index contributed by atoms with van der Waals surface area (Å²) >= 11 is 0. The Labute approximate surface area is 156 Å². The molecule has 0 saturated heterocycles. The molecule has 4 heteroatoms. The molecular formula is C21H44O4. The topological polar surface area (TPSA) is 69.9 Å². The number of unbranched alkanes of at least 4 members (excludes halogenated alkanes) is 1. The van der Waals surface area contributed by atoms with Crippen molar-refractivity contribution in [2.75, 3.05) is 19.8 Å². The van der Waals surface area contributed by atoms with E-state index in [9.17, 15) is 10.2 Å². The smallest absolute Gasteiger partial charge is 0.105 e. The van der Waals surface area contributed by atoms with Crippen LogP contribution in [0.5, 0.6) is 0 Å². The Bertz CT molecular complexity index is 283. The third-order valence-corrected chi connectivity index (χ3v) is 5.03. The molecule has 0 aromatic heterocycles. The van der Waals surface area contributed by atoms with E-state index in [4.69, 9.17) is 9.84 Å². The third kappa shape index (κ3) is 15.8. The molecule has 0 aliphatic carbocycles. The van der Waals surface area contributed by atoms with Crippen LogP contribution in [0.3, 0.4) is 0 Å². The van der Waals surface area contributed by atoms with Gasteiger partial charge in [0.1, 0.15) is 12.2 Å². The minimum Gasteiger partial charge on any atom is -0.394 e. The van der Waals surface area contributed by atoms with Gasteiger partial charge in [0, 0.05) is 6.61 Å². The summed E-state index contributed by atoms with van der Waals surface area (Å²) in [4.78, 5) is 0. The average molecular weight is 361 g/mol. The van der Waals surface area contributed by atoms with Crippen LogP contribution in [0.1, 0.15) is 85.5 Å². The highest BCUT2D eigenvalue weighted by molar-refractivity contribution is 4.64. The van der Waals surface area contributed by atoms with E-state index in [-0.39, 0.29) is 6.61 Å². The minimum atomic E-state index is -1.10. The van der Waals surface area contributed by atoms with Crippen molar-refractivity contribution in [2.45, 2.75) is 97.7 Å². The highest BCUT2D eigenvalue weighted by Gasteiger charge is 2.14. The van der Waals surface area contributed by atoms with E-state index in [1.54, 1.807) is 0 Å². The Morgan fingerprint density at radius 1 is 0.680 bits per heavy atom. The van der Waals surface area contributed by atoms with Gasteiger partial charge in [-0.05, 0) is 24.2 Å². The van der Waals surface area contributed by atoms with E-state index < -0.39 is 18.8 Å². The molecule has 4 nitrogen and oxygen atoms in total. The Morgan fingerprint density at radius 3 is 1.72 bits per heavy atom. The predicted molar refractivity (Wildman–Crippen MR) is 105 cm³/mol. The number of aliphatic hydroxyl groups excluding tert-OH is 3. The van der Waals surface area contributed by atoms with Crippen LogP contribution >= 0.6 is 0 Å². The first-order valence-corrected chi connectivity index (χ1v) is 10.4. The van der Waals surface area contributed by atoms with Crippen molar-refractivity contribution in [1.82, 2.24) is 0 Å². The van der Waals surface area contributed by atoms with Gasteiger partial charge in [-0.25, -0.2) is 0 Å². The van der Waals surface area contributed by atoms with Gasteiger partial charge in [-0.1, -0.05) is 79.1 Å². The van der Waals surface area contributed by atoms with Crippen LogP contribution in [0.4, 0.5) is 0 Å². The molecule has 0 rings (SSSR count). The van der Waals surface area contributed by atoms with Crippen molar-refractivity contribution in [3.63, 3.8) is 0 Å². The van der Waals surface area contributed by atoms with Gasteiger partial charge in [0.2, 0.25) is 0 Å². The molecule has 0 saturated carbocycles. The van der Waals surface area contributed by atoms with E-state index in [2.05, 4.69) is 27.7 Å². The normalized spacial score (nSPS) is 16.8. The van der Waals surface area contributed by atoms with E-state index in [1.165, 1.54) is 44.9 Å². The van der Waals surface area contributed by atoms with E-state index in [0.29, 0.717) is 6.61 Å². The van der Waals surface area contributed by atoms with Gasteiger partial charge in [0.05, 0.1) is 13.2 Å². The van der Waals surface area contributed by atoms with Crippen molar-refractivity contribution in [3.05, 3.63) is 0 Å². The average Bonchev–Trinajstić information content (AvgIpc) is 2.56. The summed E-state index contributed by atoms with van der Waals surface area (Å²) in [6.07, 6.45) is 9.38. The molecule has 0 aliphatic rings. The summed E-state index contributed by atoms with van der Waals surface area (Å²) in [5.74, 6) is 2.46. The lowest BCUT2D eigenvalue weighted by Crippen LogP contribution is -2.33. The Morgan fingerprint density at radius 2 is 1.20 bits per heavy atom. The molecule has 152 valence electrons. The van der Waals surface area contributed by atoms with Crippen molar-refractivity contribution in [2.24, 2.45) is 17.8 Å². The Kier molecular flexibility index (Phi) is 15.9. The molecule has 0 spiro atoms. The summed E-state index contributed by atoms with van der Waals surface area (Å²) in [5.41, 5.74) is 0. The monoisotopic (exact) mass is 360 g/mol. The maximum atomic E-state index is 9.45. The predicted octanol–water partition coefficient (Wildman–Crippen LogP) is 4.16. The summed E-state index contributed by atoms with van der Waals surface area (Å²) in [7, 11) is 0. The molecule has 25 heavy (non-hydrogen) atoms. The molecule has 0 aromatic carbocycles. The van der Waals surface area contributed by atoms with E-state index in [0.717, 1.165) is 30.6 Å². The van der Waals surface area contributed by atoms with Crippen LogP contribution in [0.2, 0.25) is 0 Å². The fraction of sp³-hybridized carbons (Fsp3) is 1.00. The second-order valence-corrected chi connectivity index (χ2v) is 8.35. The fourth-order valence-electron chi connectivity index (χ4n) is 3.11. The minimum absolute atomic E-state index is 0.0893. The number of ether oxygens (including phenoxy) is 1. The lowest BCUT2D eigenvalue weighted by Gasteiger charge is -2.16. The van der Waals surface area contributed by atoms with E-state index >= 15 is 0 Å². The van der Waals surface area contributed by atoms with Gasteiger partial charge < -0.3 is 20.1 Å². The zero-order valence-electron chi connectivity index (χ0n) is 17.1. The van der Waals surface area contributed by atoms with Crippen molar-refractivity contribution < 1.29 is 20.1 Å². The van der Waals surface area contributed by atoms with Gasteiger partial charge in [-0.2, -0.15) is 0 Å². The molecule has 0 heterocycles. The second kappa shape index (κ2) is 16.0. The molecule has 3 N–H and O–H groups in total. The molecule has 0 radical (unpaired) electrons. The number of rotatable bonds is 17. The fourth-order valence-corrected chi connectivity index (χ4v) is 3.11. The molecule has 0 fully saturated rings. The lowest BCUT2D eigenvalue weighted by molar-refractivity contribution is -0.0571. The third-order valence-electron chi connectivity index (χ3n) is 5.03. The zero-order chi connectivity index (χ0) is 19.1. The van der Waals surface area contributed by atoms with Crippen molar-refractivity contribution in [3.8, 4) is 0 Å². The van der Waals surface area contributed by atoms with Crippen LogP contribution in [-0.2, 0) is 4.74 Å². The summed E-state index contributed by atoms with van der Waals surface area (Å²) in [6, 6.07) is 0. The van der Waals surface area contributed by atoms with Gasteiger partial charge in [0.25, 0.3) is 0 Å². The zero-order valence-corrected chi connectivity index (χ0v) is 17.1. The van der Waals surface area contributed by atoms with Crippen LogP contribution in [0.25, 0.3) is 0 Å². The first-order chi connectivity index (χ1) is 11.9. The number of aliphatic hydroxyl groups is 3. The summed E-state index contributed by atoms with van der Waals surface area (Å²) in [5, 5.41) is 27.4. The highest BCUT2D eigenvalue weighted by Crippen LogP contribution is 2.21. The van der Waals surface area contributed by atoms with Crippen molar-refractivity contribution >= 4 is 0 Å².